The van der Waals surface area contributed by atoms with Crippen molar-refractivity contribution in [1.82, 2.24) is 15.2 Å². The molecule has 0 fully saturated rings. The summed E-state index contributed by atoms with van der Waals surface area (Å²) in [5, 5.41) is 16.7. The molecular formula is C28H36N4O2. The summed E-state index contributed by atoms with van der Waals surface area (Å²) < 4.78 is 0. The minimum absolute atomic E-state index is 0.129. The van der Waals surface area contributed by atoms with Gasteiger partial charge < -0.3 is 15.7 Å². The number of pyridine rings is 1. The Balaban J connectivity index is 1.60. The first kappa shape index (κ1) is 25.2. The van der Waals surface area contributed by atoms with Gasteiger partial charge in [0.25, 0.3) is 5.91 Å². The molecule has 0 atom stereocenters. The number of aromatic hydroxyl groups is 1. The van der Waals surface area contributed by atoms with Crippen molar-refractivity contribution in [2.24, 2.45) is 0 Å². The Bertz CT molecular complexity index is 1090. The summed E-state index contributed by atoms with van der Waals surface area (Å²) in [5.74, 6) is 0.172. The normalized spacial score (nSPS) is 11.0. The summed E-state index contributed by atoms with van der Waals surface area (Å²) in [6.45, 7) is 11.4. The van der Waals surface area contributed by atoms with Gasteiger partial charge in [0.05, 0.1) is 0 Å². The molecule has 1 amide bonds. The van der Waals surface area contributed by atoms with Crippen molar-refractivity contribution in [3.05, 3.63) is 82.7 Å². The van der Waals surface area contributed by atoms with E-state index in [-0.39, 0.29) is 5.91 Å². The second kappa shape index (κ2) is 12.2. The summed E-state index contributed by atoms with van der Waals surface area (Å²) in [6.07, 6.45) is 4.00. The zero-order valence-electron chi connectivity index (χ0n) is 20.7. The number of aromatic nitrogens is 1. The van der Waals surface area contributed by atoms with Gasteiger partial charge in [0.2, 0.25) is 0 Å². The van der Waals surface area contributed by atoms with Gasteiger partial charge in [-0.1, -0.05) is 19.9 Å². The Kier molecular flexibility index (Phi) is 9.05. The van der Waals surface area contributed by atoms with Crippen LogP contribution in [0.25, 0.3) is 0 Å². The molecule has 0 spiro atoms. The predicted octanol–water partition coefficient (Wildman–Crippen LogP) is 5.70. The third-order valence-corrected chi connectivity index (χ3v) is 5.74. The largest absolute Gasteiger partial charge is 0.508 e. The predicted molar refractivity (Wildman–Crippen MR) is 139 cm³/mol. The summed E-state index contributed by atoms with van der Waals surface area (Å²) in [4.78, 5) is 19.3. The Morgan fingerprint density at radius 1 is 1.00 bits per heavy atom. The van der Waals surface area contributed by atoms with E-state index in [1.165, 1.54) is 0 Å². The molecule has 34 heavy (non-hydrogen) atoms. The molecule has 1 aromatic heterocycles. The number of aryl methyl sites for hydroxylation is 2. The molecule has 3 rings (SSSR count). The molecule has 1 heterocycles. The molecule has 0 saturated heterocycles. The fourth-order valence-electron chi connectivity index (χ4n) is 3.93. The van der Waals surface area contributed by atoms with Gasteiger partial charge in [-0.2, -0.15) is 0 Å². The first-order valence-electron chi connectivity index (χ1n) is 12.0. The molecule has 0 aliphatic rings. The van der Waals surface area contributed by atoms with E-state index >= 15 is 0 Å². The molecule has 180 valence electrons. The van der Waals surface area contributed by atoms with Crippen molar-refractivity contribution in [3.8, 4) is 5.75 Å². The van der Waals surface area contributed by atoms with Crippen LogP contribution in [0.1, 0.15) is 59.4 Å². The van der Waals surface area contributed by atoms with Gasteiger partial charge in [-0.15, -0.1) is 0 Å². The number of carbonyl (C=O) groups is 1. The average Bonchev–Trinajstić information content (AvgIpc) is 2.82. The Hall–Kier alpha value is -3.38. The van der Waals surface area contributed by atoms with Crippen LogP contribution in [-0.2, 0) is 13.1 Å². The topological polar surface area (TPSA) is 77.5 Å². The molecule has 3 aromatic rings. The monoisotopic (exact) mass is 460 g/mol. The maximum Gasteiger partial charge on any atom is 0.251 e. The quantitative estimate of drug-likeness (QED) is 0.342. The van der Waals surface area contributed by atoms with E-state index in [2.05, 4.69) is 34.4 Å². The van der Waals surface area contributed by atoms with E-state index in [1.807, 2.05) is 62.5 Å². The van der Waals surface area contributed by atoms with E-state index in [1.54, 1.807) is 6.07 Å². The highest BCUT2D eigenvalue weighted by Gasteiger charge is 2.11. The highest BCUT2D eigenvalue weighted by molar-refractivity contribution is 5.94. The second-order valence-corrected chi connectivity index (χ2v) is 8.76. The number of amides is 1. The summed E-state index contributed by atoms with van der Waals surface area (Å²) in [5.41, 5.74) is 6.39. The van der Waals surface area contributed by atoms with Gasteiger partial charge in [0, 0.05) is 47.5 Å². The SMILES string of the molecule is CCCN(CCC)Cc1cc(CNC(=O)c2ccc(Nc3cc(C)ncc3C)cc2)ccc1O. The van der Waals surface area contributed by atoms with Crippen LogP contribution in [-0.4, -0.2) is 34.0 Å². The zero-order chi connectivity index (χ0) is 24.5. The van der Waals surface area contributed by atoms with Crippen LogP contribution >= 0.6 is 0 Å². The molecule has 0 radical (unpaired) electrons. The maximum absolute atomic E-state index is 12.7. The summed E-state index contributed by atoms with van der Waals surface area (Å²) in [7, 11) is 0. The molecule has 6 nitrogen and oxygen atoms in total. The van der Waals surface area contributed by atoms with Crippen LogP contribution in [0.15, 0.2) is 54.7 Å². The van der Waals surface area contributed by atoms with E-state index < -0.39 is 0 Å². The number of carbonyl (C=O) groups excluding carboxylic acids is 1. The van der Waals surface area contributed by atoms with Crippen LogP contribution in [0.4, 0.5) is 11.4 Å². The van der Waals surface area contributed by atoms with Crippen LogP contribution in [0.3, 0.4) is 0 Å². The number of hydrogen-bond acceptors (Lipinski definition) is 5. The molecule has 6 heteroatoms. The lowest BCUT2D eigenvalue weighted by molar-refractivity contribution is 0.0951. The summed E-state index contributed by atoms with van der Waals surface area (Å²) >= 11 is 0. The Morgan fingerprint density at radius 2 is 1.71 bits per heavy atom. The van der Waals surface area contributed by atoms with Gasteiger partial charge in [-0.25, -0.2) is 0 Å². The van der Waals surface area contributed by atoms with Crippen molar-refractivity contribution < 1.29 is 9.90 Å². The number of anilines is 2. The number of nitrogens with one attached hydrogen (secondary N) is 2. The first-order valence-corrected chi connectivity index (χ1v) is 12.0. The Morgan fingerprint density at radius 3 is 2.38 bits per heavy atom. The number of rotatable bonds is 11. The van der Waals surface area contributed by atoms with Gasteiger partial charge in [-0.3, -0.25) is 14.7 Å². The number of hydrogen-bond donors (Lipinski definition) is 3. The van der Waals surface area contributed by atoms with Gasteiger partial charge in [-0.05, 0) is 93.4 Å². The van der Waals surface area contributed by atoms with Crippen molar-refractivity contribution >= 4 is 17.3 Å². The van der Waals surface area contributed by atoms with Crippen LogP contribution in [0, 0.1) is 13.8 Å². The van der Waals surface area contributed by atoms with Crippen LogP contribution in [0.2, 0.25) is 0 Å². The van der Waals surface area contributed by atoms with Gasteiger partial charge >= 0.3 is 0 Å². The molecular weight excluding hydrogens is 424 g/mol. The minimum Gasteiger partial charge on any atom is -0.508 e. The number of phenols is 1. The lowest BCUT2D eigenvalue weighted by Gasteiger charge is -2.22. The van der Waals surface area contributed by atoms with Crippen molar-refractivity contribution in [2.75, 3.05) is 18.4 Å². The highest BCUT2D eigenvalue weighted by atomic mass is 16.3. The molecule has 0 unspecified atom stereocenters. The maximum atomic E-state index is 12.7. The van der Waals surface area contributed by atoms with E-state index in [9.17, 15) is 9.90 Å². The van der Waals surface area contributed by atoms with E-state index in [4.69, 9.17) is 0 Å². The van der Waals surface area contributed by atoms with Crippen molar-refractivity contribution in [2.45, 2.75) is 53.6 Å². The highest BCUT2D eigenvalue weighted by Crippen LogP contribution is 2.22. The van der Waals surface area contributed by atoms with Crippen LogP contribution < -0.4 is 10.6 Å². The summed E-state index contributed by atoms with van der Waals surface area (Å²) in [6, 6.07) is 15.0. The fourth-order valence-corrected chi connectivity index (χ4v) is 3.93. The first-order chi connectivity index (χ1) is 16.4. The lowest BCUT2D eigenvalue weighted by Crippen LogP contribution is -2.25. The number of phenolic OH excluding ortho intramolecular Hbond substituents is 1. The van der Waals surface area contributed by atoms with Gasteiger partial charge in [0.1, 0.15) is 5.75 Å². The zero-order valence-corrected chi connectivity index (χ0v) is 20.7. The van der Waals surface area contributed by atoms with E-state index in [0.29, 0.717) is 24.4 Å². The molecule has 0 saturated carbocycles. The standard InChI is InChI=1S/C28H36N4O2/c1-5-13-32(14-6-2)19-24-16-22(7-12-27(24)33)18-30-28(34)23-8-10-25(11-9-23)31-26-15-21(4)29-17-20(26)3/h7-12,15-17,33H,5-6,13-14,18-19H2,1-4H3,(H,29,31)(H,30,34). The van der Waals surface area contributed by atoms with Crippen molar-refractivity contribution in [3.63, 3.8) is 0 Å². The third-order valence-electron chi connectivity index (χ3n) is 5.74. The molecule has 0 aliphatic heterocycles. The lowest BCUT2D eigenvalue weighted by atomic mass is 10.1. The fraction of sp³-hybridized carbons (Fsp3) is 0.357. The minimum atomic E-state index is -0.129. The smallest absolute Gasteiger partial charge is 0.251 e. The molecule has 3 N–H and O–H groups in total. The number of nitrogens with zero attached hydrogens (tertiary/aromatic N) is 2. The number of benzene rings is 2. The second-order valence-electron chi connectivity index (χ2n) is 8.76. The van der Waals surface area contributed by atoms with E-state index in [0.717, 1.165) is 59.7 Å². The van der Waals surface area contributed by atoms with Gasteiger partial charge in [0.15, 0.2) is 0 Å². The average molecular weight is 461 g/mol. The Labute approximate surface area is 203 Å². The molecule has 0 aliphatic carbocycles. The van der Waals surface area contributed by atoms with Crippen molar-refractivity contribution in [1.29, 1.82) is 0 Å². The molecule has 2 aromatic carbocycles. The molecule has 0 bridgehead atoms. The third kappa shape index (κ3) is 7.06. The van der Waals surface area contributed by atoms with Crippen LogP contribution in [0.5, 0.6) is 5.75 Å².